The SMILES string of the molecule is O=C(NCCNc1ccc(Br)cn1)c1ccc(F)cc1. The Labute approximate surface area is 124 Å². The topological polar surface area (TPSA) is 54.0 Å². The Kier molecular flexibility index (Phi) is 5.06. The van der Waals surface area contributed by atoms with Crippen molar-refractivity contribution >= 4 is 27.7 Å². The van der Waals surface area contributed by atoms with E-state index in [0.717, 1.165) is 10.3 Å². The molecule has 104 valence electrons. The summed E-state index contributed by atoms with van der Waals surface area (Å²) in [7, 11) is 0. The third-order valence-corrected chi connectivity index (χ3v) is 3.02. The lowest BCUT2D eigenvalue weighted by molar-refractivity contribution is 0.0955. The minimum Gasteiger partial charge on any atom is -0.368 e. The number of anilines is 1. The molecule has 0 saturated heterocycles. The largest absolute Gasteiger partial charge is 0.368 e. The zero-order chi connectivity index (χ0) is 14.4. The van der Waals surface area contributed by atoms with Crippen LogP contribution in [-0.2, 0) is 0 Å². The lowest BCUT2D eigenvalue weighted by Crippen LogP contribution is -2.28. The fourth-order valence-corrected chi connectivity index (χ4v) is 1.78. The molecule has 20 heavy (non-hydrogen) atoms. The summed E-state index contributed by atoms with van der Waals surface area (Å²) in [6.45, 7) is 1.01. The van der Waals surface area contributed by atoms with E-state index < -0.39 is 0 Å². The first kappa shape index (κ1) is 14.5. The molecular weight excluding hydrogens is 325 g/mol. The predicted octanol–water partition coefficient (Wildman–Crippen LogP) is 2.83. The van der Waals surface area contributed by atoms with Crippen LogP contribution in [0.4, 0.5) is 10.2 Å². The van der Waals surface area contributed by atoms with Crippen LogP contribution < -0.4 is 10.6 Å². The van der Waals surface area contributed by atoms with Gasteiger partial charge in [0.1, 0.15) is 11.6 Å². The second kappa shape index (κ2) is 7.00. The second-order valence-corrected chi connectivity index (χ2v) is 4.97. The Hall–Kier alpha value is -1.95. The molecule has 1 amide bonds. The smallest absolute Gasteiger partial charge is 0.251 e. The molecule has 2 rings (SSSR count). The minimum atomic E-state index is -0.357. The molecule has 0 bridgehead atoms. The highest BCUT2D eigenvalue weighted by Crippen LogP contribution is 2.09. The van der Waals surface area contributed by atoms with Crippen LogP contribution in [0.1, 0.15) is 10.4 Å². The van der Waals surface area contributed by atoms with Gasteiger partial charge in [-0.3, -0.25) is 4.79 Å². The van der Waals surface area contributed by atoms with Crippen molar-refractivity contribution in [3.05, 3.63) is 58.4 Å². The Bertz CT molecular complexity index is 572. The molecule has 0 radical (unpaired) electrons. The summed E-state index contributed by atoms with van der Waals surface area (Å²) in [5.74, 6) is 0.157. The number of rotatable bonds is 5. The van der Waals surface area contributed by atoms with Gasteiger partial charge in [-0.15, -0.1) is 0 Å². The van der Waals surface area contributed by atoms with Gasteiger partial charge in [0.2, 0.25) is 0 Å². The van der Waals surface area contributed by atoms with Gasteiger partial charge in [-0.2, -0.15) is 0 Å². The van der Waals surface area contributed by atoms with E-state index >= 15 is 0 Å². The number of hydrogen-bond donors (Lipinski definition) is 2. The number of benzene rings is 1. The van der Waals surface area contributed by atoms with Gasteiger partial charge in [0.15, 0.2) is 0 Å². The summed E-state index contributed by atoms with van der Waals surface area (Å²) in [6.07, 6.45) is 1.69. The summed E-state index contributed by atoms with van der Waals surface area (Å²) in [5, 5.41) is 5.82. The molecule has 2 N–H and O–H groups in total. The first-order valence-corrected chi connectivity index (χ1v) is 6.83. The Morgan fingerprint density at radius 3 is 2.55 bits per heavy atom. The Morgan fingerprint density at radius 1 is 1.15 bits per heavy atom. The quantitative estimate of drug-likeness (QED) is 0.825. The van der Waals surface area contributed by atoms with E-state index in [-0.39, 0.29) is 11.7 Å². The van der Waals surface area contributed by atoms with Gasteiger partial charge in [-0.25, -0.2) is 9.37 Å². The molecule has 1 aromatic carbocycles. The average Bonchev–Trinajstić information content (AvgIpc) is 2.46. The van der Waals surface area contributed by atoms with E-state index in [4.69, 9.17) is 0 Å². The van der Waals surface area contributed by atoms with Gasteiger partial charge in [0.25, 0.3) is 5.91 Å². The maximum atomic E-state index is 12.7. The normalized spacial score (nSPS) is 10.1. The third-order valence-electron chi connectivity index (χ3n) is 2.55. The van der Waals surface area contributed by atoms with Crippen molar-refractivity contribution in [3.63, 3.8) is 0 Å². The van der Waals surface area contributed by atoms with E-state index in [1.807, 2.05) is 12.1 Å². The number of nitrogens with zero attached hydrogens (tertiary/aromatic N) is 1. The fraction of sp³-hybridized carbons (Fsp3) is 0.143. The van der Waals surface area contributed by atoms with Crippen molar-refractivity contribution in [2.45, 2.75) is 0 Å². The number of carbonyl (C=O) groups excluding carboxylic acids is 1. The molecule has 0 atom stereocenters. The van der Waals surface area contributed by atoms with Gasteiger partial charge < -0.3 is 10.6 Å². The van der Waals surface area contributed by atoms with Crippen LogP contribution in [0.2, 0.25) is 0 Å². The summed E-state index contributed by atoms with van der Waals surface area (Å²) in [6, 6.07) is 9.15. The highest BCUT2D eigenvalue weighted by molar-refractivity contribution is 9.10. The summed E-state index contributed by atoms with van der Waals surface area (Å²) in [5.41, 5.74) is 0.438. The minimum absolute atomic E-state index is 0.226. The third kappa shape index (κ3) is 4.31. The maximum Gasteiger partial charge on any atom is 0.251 e. The number of carbonyl (C=O) groups is 1. The molecule has 0 spiro atoms. The highest BCUT2D eigenvalue weighted by Gasteiger charge is 2.04. The lowest BCUT2D eigenvalue weighted by atomic mass is 10.2. The average molecular weight is 338 g/mol. The van der Waals surface area contributed by atoms with Crippen LogP contribution in [0.3, 0.4) is 0 Å². The molecule has 0 unspecified atom stereocenters. The molecule has 0 aliphatic carbocycles. The van der Waals surface area contributed by atoms with Crippen molar-refractivity contribution in [3.8, 4) is 0 Å². The molecule has 1 heterocycles. The van der Waals surface area contributed by atoms with Crippen molar-refractivity contribution in [1.29, 1.82) is 0 Å². The number of nitrogens with one attached hydrogen (secondary N) is 2. The van der Waals surface area contributed by atoms with E-state index in [0.29, 0.717) is 18.7 Å². The van der Waals surface area contributed by atoms with Gasteiger partial charge in [-0.05, 0) is 52.3 Å². The van der Waals surface area contributed by atoms with Crippen LogP contribution in [0.25, 0.3) is 0 Å². The van der Waals surface area contributed by atoms with Crippen LogP contribution in [-0.4, -0.2) is 24.0 Å². The molecule has 0 aliphatic rings. The standard InChI is InChI=1S/C14H13BrFN3O/c15-11-3-6-13(19-9-11)17-7-8-18-14(20)10-1-4-12(16)5-2-10/h1-6,9H,7-8H2,(H,17,19)(H,18,20). The van der Waals surface area contributed by atoms with E-state index in [9.17, 15) is 9.18 Å². The Balaban J connectivity index is 1.74. The molecular formula is C14H13BrFN3O. The predicted molar refractivity (Wildman–Crippen MR) is 79.2 cm³/mol. The number of pyridine rings is 1. The number of aromatic nitrogens is 1. The molecule has 1 aromatic heterocycles. The van der Waals surface area contributed by atoms with Crippen molar-refractivity contribution < 1.29 is 9.18 Å². The zero-order valence-corrected chi connectivity index (χ0v) is 12.2. The van der Waals surface area contributed by atoms with Crippen molar-refractivity contribution in [1.82, 2.24) is 10.3 Å². The van der Waals surface area contributed by atoms with Gasteiger partial charge in [0.05, 0.1) is 0 Å². The van der Waals surface area contributed by atoms with E-state index in [2.05, 4.69) is 31.5 Å². The molecule has 0 saturated carbocycles. The molecule has 0 fully saturated rings. The van der Waals surface area contributed by atoms with Crippen molar-refractivity contribution in [2.24, 2.45) is 0 Å². The van der Waals surface area contributed by atoms with Crippen LogP contribution in [0.15, 0.2) is 47.1 Å². The molecule has 0 aliphatic heterocycles. The summed E-state index contributed by atoms with van der Waals surface area (Å²) >= 11 is 3.30. The highest BCUT2D eigenvalue weighted by atomic mass is 79.9. The van der Waals surface area contributed by atoms with E-state index in [1.54, 1.807) is 6.20 Å². The van der Waals surface area contributed by atoms with Crippen LogP contribution in [0, 0.1) is 5.82 Å². The fourth-order valence-electron chi connectivity index (χ4n) is 1.55. The zero-order valence-electron chi connectivity index (χ0n) is 10.6. The van der Waals surface area contributed by atoms with E-state index in [1.165, 1.54) is 24.3 Å². The number of halogens is 2. The summed E-state index contributed by atoms with van der Waals surface area (Å²) in [4.78, 5) is 15.9. The van der Waals surface area contributed by atoms with Crippen LogP contribution >= 0.6 is 15.9 Å². The first-order chi connectivity index (χ1) is 9.65. The summed E-state index contributed by atoms with van der Waals surface area (Å²) < 4.78 is 13.6. The van der Waals surface area contributed by atoms with Gasteiger partial charge in [-0.1, -0.05) is 0 Å². The maximum absolute atomic E-state index is 12.7. The second-order valence-electron chi connectivity index (χ2n) is 4.05. The van der Waals surface area contributed by atoms with Crippen LogP contribution in [0.5, 0.6) is 0 Å². The Morgan fingerprint density at radius 2 is 1.90 bits per heavy atom. The van der Waals surface area contributed by atoms with Gasteiger partial charge >= 0.3 is 0 Å². The lowest BCUT2D eigenvalue weighted by Gasteiger charge is -2.07. The van der Waals surface area contributed by atoms with Gasteiger partial charge in [0, 0.05) is 29.3 Å². The first-order valence-electron chi connectivity index (χ1n) is 6.04. The molecule has 4 nitrogen and oxygen atoms in total. The number of amides is 1. The van der Waals surface area contributed by atoms with Crippen molar-refractivity contribution in [2.75, 3.05) is 18.4 Å². The monoisotopic (exact) mass is 337 g/mol. The molecule has 6 heteroatoms. The number of hydrogen-bond acceptors (Lipinski definition) is 3. The molecule has 2 aromatic rings.